The van der Waals surface area contributed by atoms with Crippen LogP contribution in [0.15, 0.2) is 22.8 Å². The third-order valence-corrected chi connectivity index (χ3v) is 3.54. The molecule has 1 heterocycles. The lowest BCUT2D eigenvalue weighted by atomic mass is 10.1. The van der Waals surface area contributed by atoms with Crippen LogP contribution in [0.3, 0.4) is 0 Å². The minimum atomic E-state index is 0.739. The quantitative estimate of drug-likeness (QED) is 0.791. The molecule has 2 aromatic rings. The first-order chi connectivity index (χ1) is 7.15. The lowest BCUT2D eigenvalue weighted by molar-refractivity contribution is 0.413. The second-order valence-electron chi connectivity index (χ2n) is 3.23. The summed E-state index contributed by atoms with van der Waals surface area (Å²) in [6, 6.07) is 3.79. The molecule has 0 N–H and O–H groups in total. The van der Waals surface area contributed by atoms with Crippen LogP contribution in [-0.4, -0.2) is 12.1 Å². The van der Waals surface area contributed by atoms with Gasteiger partial charge in [-0.15, -0.1) is 0 Å². The molecule has 4 heteroatoms. The number of pyridine rings is 1. The van der Waals surface area contributed by atoms with Gasteiger partial charge < -0.3 is 4.74 Å². The van der Waals surface area contributed by atoms with Crippen molar-refractivity contribution in [3.63, 3.8) is 0 Å². The van der Waals surface area contributed by atoms with Crippen LogP contribution in [0.5, 0.6) is 5.75 Å². The number of benzene rings is 1. The van der Waals surface area contributed by atoms with E-state index in [2.05, 4.69) is 20.9 Å². The normalized spacial score (nSPS) is 10.7. The number of methoxy groups -OCH3 is 1. The van der Waals surface area contributed by atoms with Crippen LogP contribution in [0.4, 0.5) is 0 Å². The van der Waals surface area contributed by atoms with E-state index in [1.165, 1.54) is 0 Å². The predicted molar refractivity (Wildman–Crippen MR) is 65.7 cm³/mol. The first kappa shape index (κ1) is 10.7. The van der Waals surface area contributed by atoms with Crippen molar-refractivity contribution in [2.24, 2.45) is 0 Å². The second kappa shape index (κ2) is 3.99. The number of halogens is 2. The summed E-state index contributed by atoms with van der Waals surface area (Å²) in [4.78, 5) is 4.34. The van der Waals surface area contributed by atoms with Gasteiger partial charge in [0.15, 0.2) is 0 Å². The fourth-order valence-electron chi connectivity index (χ4n) is 1.44. The largest absolute Gasteiger partial charge is 0.495 e. The molecule has 1 aromatic carbocycles. The molecular formula is C11H9BrClNO. The van der Waals surface area contributed by atoms with E-state index in [9.17, 15) is 0 Å². The van der Waals surface area contributed by atoms with Crippen molar-refractivity contribution in [3.8, 4) is 5.75 Å². The van der Waals surface area contributed by atoms with E-state index in [4.69, 9.17) is 16.3 Å². The molecule has 2 nitrogen and oxygen atoms in total. The summed E-state index contributed by atoms with van der Waals surface area (Å²) in [6.07, 6.45) is 1.76. The zero-order chi connectivity index (χ0) is 11.0. The van der Waals surface area contributed by atoms with Crippen LogP contribution in [-0.2, 0) is 0 Å². The van der Waals surface area contributed by atoms with Gasteiger partial charge in [-0.05, 0) is 40.5 Å². The summed E-state index contributed by atoms with van der Waals surface area (Å²) in [5.41, 5.74) is 1.80. The summed E-state index contributed by atoms with van der Waals surface area (Å²) in [6.45, 7) is 1.94. The maximum Gasteiger partial charge on any atom is 0.135 e. The molecule has 15 heavy (non-hydrogen) atoms. The van der Waals surface area contributed by atoms with Gasteiger partial charge in [-0.3, -0.25) is 4.98 Å². The van der Waals surface area contributed by atoms with Gasteiger partial charge in [0, 0.05) is 11.6 Å². The number of fused-ring (bicyclic) bond motifs is 1. The van der Waals surface area contributed by atoms with Crippen molar-refractivity contribution in [1.82, 2.24) is 4.98 Å². The molecule has 0 saturated carbocycles. The Hall–Kier alpha value is -0.800. The van der Waals surface area contributed by atoms with Crippen LogP contribution < -0.4 is 4.74 Å². The highest BCUT2D eigenvalue weighted by molar-refractivity contribution is 9.10. The fraction of sp³-hybridized carbons (Fsp3) is 0.182. The first-order valence-electron chi connectivity index (χ1n) is 4.42. The Labute approximate surface area is 101 Å². The van der Waals surface area contributed by atoms with Crippen LogP contribution >= 0.6 is 27.5 Å². The average molecular weight is 287 g/mol. The summed E-state index contributed by atoms with van der Waals surface area (Å²) in [7, 11) is 1.63. The fourth-order valence-corrected chi connectivity index (χ4v) is 2.25. The van der Waals surface area contributed by atoms with Crippen LogP contribution in [0.1, 0.15) is 5.56 Å². The topological polar surface area (TPSA) is 22.1 Å². The summed E-state index contributed by atoms with van der Waals surface area (Å²) >= 11 is 9.65. The summed E-state index contributed by atoms with van der Waals surface area (Å²) in [5.74, 6) is 0.759. The van der Waals surface area contributed by atoms with E-state index in [1.54, 1.807) is 13.3 Å². The standard InChI is InChI=1S/C11H9BrClNO/c1-6-5-14-11-7(10(6)13)3-4-8(15-2)9(11)12/h3-5H,1-2H3. The Balaban J connectivity index is 2.85. The summed E-state index contributed by atoms with van der Waals surface area (Å²) < 4.78 is 6.03. The van der Waals surface area contributed by atoms with E-state index < -0.39 is 0 Å². The molecular weight excluding hydrogens is 277 g/mol. The van der Waals surface area contributed by atoms with Gasteiger partial charge in [0.25, 0.3) is 0 Å². The molecule has 0 saturated heterocycles. The van der Waals surface area contributed by atoms with Gasteiger partial charge in [-0.2, -0.15) is 0 Å². The highest BCUT2D eigenvalue weighted by atomic mass is 79.9. The molecule has 1 aromatic heterocycles. The molecule has 0 unspecified atom stereocenters. The van der Waals surface area contributed by atoms with Crippen LogP contribution in [0, 0.1) is 6.92 Å². The van der Waals surface area contributed by atoms with E-state index in [0.717, 1.165) is 31.7 Å². The number of rotatable bonds is 1. The van der Waals surface area contributed by atoms with E-state index >= 15 is 0 Å². The Morgan fingerprint density at radius 2 is 2.13 bits per heavy atom. The number of hydrogen-bond donors (Lipinski definition) is 0. The third kappa shape index (κ3) is 1.70. The van der Waals surface area contributed by atoms with Gasteiger partial charge >= 0.3 is 0 Å². The van der Waals surface area contributed by atoms with Crippen molar-refractivity contribution >= 4 is 38.4 Å². The number of hydrogen-bond acceptors (Lipinski definition) is 2. The molecule has 0 fully saturated rings. The van der Waals surface area contributed by atoms with Crippen molar-refractivity contribution in [2.75, 3.05) is 7.11 Å². The van der Waals surface area contributed by atoms with E-state index in [1.807, 2.05) is 19.1 Å². The maximum absolute atomic E-state index is 6.19. The lowest BCUT2D eigenvalue weighted by Crippen LogP contribution is -1.89. The number of nitrogens with zero attached hydrogens (tertiary/aromatic N) is 1. The van der Waals surface area contributed by atoms with Gasteiger partial charge in [0.1, 0.15) is 5.75 Å². The molecule has 0 aliphatic carbocycles. The molecule has 2 rings (SSSR count). The molecule has 0 atom stereocenters. The lowest BCUT2D eigenvalue weighted by Gasteiger charge is -2.08. The molecule has 0 radical (unpaired) electrons. The first-order valence-corrected chi connectivity index (χ1v) is 5.59. The Kier molecular flexibility index (Phi) is 2.85. The predicted octanol–water partition coefficient (Wildman–Crippen LogP) is 3.97. The van der Waals surface area contributed by atoms with Crippen LogP contribution in [0.2, 0.25) is 5.02 Å². The highest BCUT2D eigenvalue weighted by Crippen LogP contribution is 2.35. The van der Waals surface area contributed by atoms with Gasteiger partial charge in [0.2, 0.25) is 0 Å². The van der Waals surface area contributed by atoms with Gasteiger partial charge in [-0.25, -0.2) is 0 Å². The zero-order valence-corrected chi connectivity index (χ0v) is 10.7. The van der Waals surface area contributed by atoms with Gasteiger partial charge in [-0.1, -0.05) is 11.6 Å². The number of aromatic nitrogens is 1. The maximum atomic E-state index is 6.19. The Morgan fingerprint density at radius 1 is 1.40 bits per heavy atom. The summed E-state index contributed by atoms with van der Waals surface area (Å²) in [5, 5.41) is 1.67. The Morgan fingerprint density at radius 3 is 2.80 bits per heavy atom. The van der Waals surface area contributed by atoms with Crippen LogP contribution in [0.25, 0.3) is 10.9 Å². The third-order valence-electron chi connectivity index (χ3n) is 2.27. The number of ether oxygens (including phenoxy) is 1. The van der Waals surface area contributed by atoms with Crippen molar-refractivity contribution in [3.05, 3.63) is 33.4 Å². The SMILES string of the molecule is COc1ccc2c(Cl)c(C)cnc2c1Br. The second-order valence-corrected chi connectivity index (χ2v) is 4.40. The van der Waals surface area contributed by atoms with E-state index in [0.29, 0.717) is 0 Å². The molecule has 0 amide bonds. The molecule has 0 bridgehead atoms. The van der Waals surface area contributed by atoms with Crippen molar-refractivity contribution in [2.45, 2.75) is 6.92 Å². The van der Waals surface area contributed by atoms with E-state index in [-0.39, 0.29) is 0 Å². The highest BCUT2D eigenvalue weighted by Gasteiger charge is 2.10. The molecule has 0 spiro atoms. The van der Waals surface area contributed by atoms with Crippen molar-refractivity contribution in [1.29, 1.82) is 0 Å². The Bertz CT molecular complexity index is 527. The molecule has 78 valence electrons. The zero-order valence-electron chi connectivity index (χ0n) is 8.34. The van der Waals surface area contributed by atoms with Crippen molar-refractivity contribution < 1.29 is 4.74 Å². The monoisotopic (exact) mass is 285 g/mol. The average Bonchev–Trinajstić information content (AvgIpc) is 2.24. The minimum absolute atomic E-state index is 0.739. The molecule has 0 aliphatic rings. The minimum Gasteiger partial charge on any atom is -0.495 e. The smallest absolute Gasteiger partial charge is 0.135 e. The number of aryl methyl sites for hydroxylation is 1. The van der Waals surface area contributed by atoms with Gasteiger partial charge in [0.05, 0.1) is 22.1 Å². The molecule has 0 aliphatic heterocycles.